The van der Waals surface area contributed by atoms with Gasteiger partial charge in [0.1, 0.15) is 0 Å². The van der Waals surface area contributed by atoms with Crippen LogP contribution in [-0.2, 0) is 13.3 Å². The highest BCUT2D eigenvalue weighted by Crippen LogP contribution is 2.11. The molecule has 0 fully saturated rings. The van der Waals surface area contributed by atoms with Gasteiger partial charge in [-0.3, -0.25) is 0 Å². The Hall–Kier alpha value is 0.0169. The third-order valence-corrected chi connectivity index (χ3v) is 4.04. The molecule has 0 radical (unpaired) electrons. The van der Waals surface area contributed by atoms with E-state index in [2.05, 4.69) is 0 Å². The molecule has 0 aliphatic carbocycles. The summed E-state index contributed by atoms with van der Waals surface area (Å²) in [5.41, 5.74) is 5.79. The maximum atomic E-state index is 9.94. The predicted molar refractivity (Wildman–Crippen MR) is 60.0 cm³/mol. The van der Waals surface area contributed by atoms with E-state index in [9.17, 15) is 4.80 Å². The van der Waals surface area contributed by atoms with Crippen molar-refractivity contribution in [2.45, 2.75) is 46.3 Å². The Kier molecular flexibility index (Phi) is 7.32. The minimum absolute atomic E-state index is 0.120. The van der Waals surface area contributed by atoms with Gasteiger partial charge >= 0.3 is 9.05 Å². The summed E-state index contributed by atoms with van der Waals surface area (Å²) in [5, 5.41) is 0. The Morgan fingerprint density at radius 3 is 2.00 bits per heavy atom. The van der Waals surface area contributed by atoms with Crippen LogP contribution in [0.15, 0.2) is 0 Å². The number of hydrogen-bond donors (Lipinski definition) is 2. The summed E-state index contributed by atoms with van der Waals surface area (Å²) in [5.74, 6) is 0. The van der Waals surface area contributed by atoms with Crippen LogP contribution in [0.5, 0.6) is 0 Å². The second-order valence-corrected chi connectivity index (χ2v) is 5.15. The van der Waals surface area contributed by atoms with Gasteiger partial charge in [-0.25, -0.2) is 0 Å². The fourth-order valence-corrected chi connectivity index (χ4v) is 2.72. The molecule has 0 bridgehead atoms. The van der Waals surface area contributed by atoms with Gasteiger partial charge in [-0.15, -0.1) is 0 Å². The molecule has 0 aromatic rings. The lowest BCUT2D eigenvalue weighted by atomic mass is 10.1. The second kappa shape index (κ2) is 7.32. The van der Waals surface area contributed by atoms with Crippen LogP contribution in [0.25, 0.3) is 0 Å². The summed E-state index contributed by atoms with van der Waals surface area (Å²) in [6, 6.07) is -0.120. The van der Waals surface area contributed by atoms with Gasteiger partial charge in [-0.2, -0.15) is 0 Å². The predicted octanol–water partition coefficient (Wildman–Crippen LogP) is 0.630. The molecule has 15 heavy (non-hydrogen) atoms. The normalized spacial score (nSPS) is 16.4. The third-order valence-electron chi connectivity index (χ3n) is 2.06. The van der Waals surface area contributed by atoms with Gasteiger partial charge in [0.15, 0.2) is 0 Å². The topological polar surface area (TPSA) is 73.9 Å². The highest BCUT2D eigenvalue weighted by molar-refractivity contribution is 6.51. The fraction of sp³-hybridized carbons (Fsp3) is 1.00. The summed E-state index contributed by atoms with van der Waals surface area (Å²) in [6.07, 6.45) is 0.508. The van der Waals surface area contributed by atoms with Crippen molar-refractivity contribution < 1.29 is 18.1 Å². The fourth-order valence-electron chi connectivity index (χ4n) is 1.13. The Bertz CT molecular complexity index is 164. The molecule has 0 aromatic heterocycles. The van der Waals surface area contributed by atoms with Crippen LogP contribution < -0.4 is 5.73 Å². The molecule has 6 heteroatoms. The van der Waals surface area contributed by atoms with Gasteiger partial charge in [-0.05, 0) is 27.2 Å². The van der Waals surface area contributed by atoms with E-state index in [0.717, 1.165) is 6.42 Å². The zero-order valence-electron chi connectivity index (χ0n) is 10.0. The minimum atomic E-state index is -3.47. The Morgan fingerprint density at radius 1 is 1.20 bits per heavy atom. The van der Waals surface area contributed by atoms with Gasteiger partial charge in [0.25, 0.3) is 0 Å². The summed E-state index contributed by atoms with van der Waals surface area (Å²) in [6.45, 7) is 8.06. The monoisotopic (exact) mass is 237 g/mol. The molecule has 0 aliphatic heterocycles. The maximum absolute atomic E-state index is 9.94. The van der Waals surface area contributed by atoms with E-state index in [0.29, 0.717) is 13.2 Å². The van der Waals surface area contributed by atoms with Crippen molar-refractivity contribution in [3.63, 3.8) is 0 Å². The molecule has 0 aromatic carbocycles. The van der Waals surface area contributed by atoms with Crippen molar-refractivity contribution in [3.8, 4) is 0 Å². The maximum Gasteiger partial charge on any atom is 0.677 e. The van der Waals surface area contributed by atoms with Crippen molar-refractivity contribution in [2.75, 3.05) is 13.2 Å². The smallest absolute Gasteiger partial charge is 0.367 e. The first-order valence-electron chi connectivity index (χ1n) is 5.42. The molecular formula is C9H23NO4Si. The molecule has 92 valence electrons. The van der Waals surface area contributed by atoms with E-state index < -0.39 is 9.05 Å². The van der Waals surface area contributed by atoms with Gasteiger partial charge in [0, 0.05) is 19.3 Å². The van der Waals surface area contributed by atoms with E-state index in [1.807, 2.05) is 13.8 Å². The number of nitrogens with two attached hydrogens (primary N) is 1. The Labute approximate surface area is 93.0 Å². The highest BCUT2D eigenvalue weighted by atomic mass is 28.4. The van der Waals surface area contributed by atoms with Crippen molar-refractivity contribution in [1.29, 1.82) is 0 Å². The highest BCUT2D eigenvalue weighted by Gasteiger charge is 2.43. The number of rotatable bonds is 8. The summed E-state index contributed by atoms with van der Waals surface area (Å²) in [4.78, 5) is 9.94. The van der Waals surface area contributed by atoms with Crippen LogP contribution in [0.4, 0.5) is 0 Å². The Balaban J connectivity index is 4.26. The van der Waals surface area contributed by atoms with Gasteiger partial charge in [-0.1, -0.05) is 6.92 Å². The molecule has 2 atom stereocenters. The zero-order valence-corrected chi connectivity index (χ0v) is 11.0. The lowest BCUT2D eigenvalue weighted by Gasteiger charge is -2.28. The van der Waals surface area contributed by atoms with E-state index in [-0.39, 0.29) is 12.1 Å². The molecule has 0 amide bonds. The van der Waals surface area contributed by atoms with Gasteiger partial charge in [0.05, 0.1) is 6.10 Å². The molecule has 0 aliphatic rings. The minimum Gasteiger partial charge on any atom is -0.367 e. The average molecular weight is 237 g/mol. The van der Waals surface area contributed by atoms with Crippen LogP contribution in [0.1, 0.15) is 34.1 Å². The third kappa shape index (κ3) is 5.60. The SMILES string of the molecule is CCO[Si](O)(OCC)OC(C)C(N)CC. The van der Waals surface area contributed by atoms with Crippen LogP contribution in [0, 0.1) is 0 Å². The molecular weight excluding hydrogens is 214 g/mol. The van der Waals surface area contributed by atoms with Crippen molar-refractivity contribution >= 4 is 9.05 Å². The van der Waals surface area contributed by atoms with Crippen molar-refractivity contribution in [3.05, 3.63) is 0 Å². The van der Waals surface area contributed by atoms with Crippen LogP contribution in [0.2, 0.25) is 0 Å². The molecule has 5 nitrogen and oxygen atoms in total. The molecule has 0 spiro atoms. The van der Waals surface area contributed by atoms with Crippen LogP contribution >= 0.6 is 0 Å². The molecule has 0 rings (SSSR count). The zero-order chi connectivity index (χ0) is 11.9. The standard InChI is InChI=1S/C9H23NO4Si/c1-5-9(10)8(4)14-15(11,12-6-2)13-7-3/h8-9,11H,5-7,10H2,1-4H3. The summed E-state index contributed by atoms with van der Waals surface area (Å²) in [7, 11) is -3.47. The van der Waals surface area contributed by atoms with Gasteiger partial charge in [0.2, 0.25) is 0 Å². The quantitative estimate of drug-likeness (QED) is 0.606. The molecule has 0 saturated heterocycles. The first-order chi connectivity index (χ1) is 6.99. The van der Waals surface area contributed by atoms with E-state index in [4.69, 9.17) is 19.0 Å². The second-order valence-electron chi connectivity index (χ2n) is 3.28. The lowest BCUT2D eigenvalue weighted by Crippen LogP contribution is -2.51. The summed E-state index contributed by atoms with van der Waals surface area (Å²) >= 11 is 0. The average Bonchev–Trinajstić information content (AvgIpc) is 2.16. The number of hydrogen-bond acceptors (Lipinski definition) is 5. The Morgan fingerprint density at radius 2 is 1.67 bits per heavy atom. The van der Waals surface area contributed by atoms with Crippen LogP contribution in [-0.4, -0.2) is 39.2 Å². The lowest BCUT2D eigenvalue weighted by molar-refractivity contribution is -0.0298. The van der Waals surface area contributed by atoms with Gasteiger partial charge < -0.3 is 23.8 Å². The van der Waals surface area contributed by atoms with E-state index >= 15 is 0 Å². The first kappa shape index (κ1) is 15.0. The summed E-state index contributed by atoms with van der Waals surface area (Å²) < 4.78 is 15.7. The first-order valence-corrected chi connectivity index (χ1v) is 7.09. The van der Waals surface area contributed by atoms with E-state index in [1.165, 1.54) is 0 Å². The van der Waals surface area contributed by atoms with E-state index in [1.54, 1.807) is 13.8 Å². The molecule has 0 saturated carbocycles. The molecule has 3 N–H and O–H groups in total. The molecule has 0 heterocycles. The van der Waals surface area contributed by atoms with Crippen molar-refractivity contribution in [2.24, 2.45) is 5.73 Å². The van der Waals surface area contributed by atoms with Crippen molar-refractivity contribution in [1.82, 2.24) is 0 Å². The molecule has 2 unspecified atom stereocenters. The largest absolute Gasteiger partial charge is 0.677 e. The van der Waals surface area contributed by atoms with Crippen LogP contribution in [0.3, 0.4) is 0 Å².